The summed E-state index contributed by atoms with van der Waals surface area (Å²) < 4.78 is 19.5. The molecule has 0 spiro atoms. The molecule has 1 aromatic heterocycles. The van der Waals surface area contributed by atoms with E-state index in [2.05, 4.69) is 9.97 Å². The number of carbonyl (C=O) groups is 1. The van der Waals surface area contributed by atoms with Gasteiger partial charge in [-0.3, -0.25) is 4.98 Å². The lowest BCUT2D eigenvalue weighted by Crippen LogP contribution is -2.51. The number of aliphatic hydroxyl groups is 1. The standard InChI is InChI=1S/C27H27FN4O3/c1-18(19-4-6-20(7-5-19)24-16-30-15-23(14-29)31-24)32-13-12-27(35-25(32)33,17-26(2,3)34)21-8-10-22(28)11-9-21/h4-11,15-16,18,34H,12-13,17H2,1-3H3/t18-,27?/m0/s1. The van der Waals surface area contributed by atoms with Gasteiger partial charge < -0.3 is 14.7 Å². The third-order valence-corrected chi connectivity index (χ3v) is 6.27. The Hall–Kier alpha value is -3.83. The van der Waals surface area contributed by atoms with Gasteiger partial charge in [0, 0.05) is 24.9 Å². The van der Waals surface area contributed by atoms with Crippen molar-refractivity contribution in [3.05, 3.63) is 83.6 Å². The number of nitrogens with zero attached hydrogens (tertiary/aromatic N) is 4. The molecule has 1 N–H and O–H groups in total. The summed E-state index contributed by atoms with van der Waals surface area (Å²) in [6.45, 7) is 5.66. The molecule has 1 fully saturated rings. The predicted octanol–water partition coefficient (Wildman–Crippen LogP) is 5.11. The zero-order valence-electron chi connectivity index (χ0n) is 19.9. The lowest BCUT2D eigenvalue weighted by molar-refractivity contribution is -0.101. The number of hydrogen-bond donors (Lipinski definition) is 1. The van der Waals surface area contributed by atoms with Gasteiger partial charge in [-0.15, -0.1) is 0 Å². The molecule has 4 rings (SSSR count). The monoisotopic (exact) mass is 474 g/mol. The maximum Gasteiger partial charge on any atom is 0.411 e. The molecule has 2 atom stereocenters. The van der Waals surface area contributed by atoms with E-state index in [1.165, 1.54) is 18.3 Å². The number of cyclic esters (lactones) is 1. The minimum absolute atomic E-state index is 0.192. The highest BCUT2D eigenvalue weighted by molar-refractivity contribution is 5.70. The number of amides is 1. The van der Waals surface area contributed by atoms with Crippen LogP contribution in [-0.2, 0) is 10.3 Å². The normalized spacial score (nSPS) is 19.1. The van der Waals surface area contributed by atoms with Crippen LogP contribution in [0.4, 0.5) is 9.18 Å². The van der Waals surface area contributed by atoms with Gasteiger partial charge in [0.05, 0.1) is 29.7 Å². The number of halogens is 1. The van der Waals surface area contributed by atoms with Gasteiger partial charge in [-0.2, -0.15) is 5.26 Å². The fraction of sp³-hybridized carbons (Fsp3) is 0.333. The number of benzene rings is 2. The summed E-state index contributed by atoms with van der Waals surface area (Å²) in [6.07, 6.45) is 3.16. The summed E-state index contributed by atoms with van der Waals surface area (Å²) in [5.74, 6) is -0.377. The highest BCUT2D eigenvalue weighted by atomic mass is 19.1. The van der Waals surface area contributed by atoms with Gasteiger partial charge in [-0.05, 0) is 44.0 Å². The summed E-state index contributed by atoms with van der Waals surface area (Å²) in [5, 5.41) is 19.6. The van der Waals surface area contributed by atoms with E-state index >= 15 is 0 Å². The minimum Gasteiger partial charge on any atom is -0.438 e. The zero-order valence-corrected chi connectivity index (χ0v) is 19.9. The molecule has 35 heavy (non-hydrogen) atoms. The molecule has 3 aromatic rings. The number of ether oxygens (including phenoxy) is 1. The van der Waals surface area contributed by atoms with E-state index in [9.17, 15) is 14.3 Å². The topological polar surface area (TPSA) is 99.3 Å². The maximum atomic E-state index is 13.5. The highest BCUT2D eigenvalue weighted by Crippen LogP contribution is 2.42. The molecular formula is C27H27FN4O3. The molecule has 0 aliphatic carbocycles. The molecule has 0 bridgehead atoms. The molecule has 0 radical (unpaired) electrons. The van der Waals surface area contributed by atoms with E-state index in [0.717, 1.165) is 11.1 Å². The van der Waals surface area contributed by atoms with Crippen molar-refractivity contribution < 1.29 is 19.0 Å². The van der Waals surface area contributed by atoms with E-state index in [-0.39, 0.29) is 24.0 Å². The first-order valence-electron chi connectivity index (χ1n) is 11.4. The van der Waals surface area contributed by atoms with Gasteiger partial charge in [0.25, 0.3) is 0 Å². The molecule has 1 saturated heterocycles. The lowest BCUT2D eigenvalue weighted by atomic mass is 9.80. The number of hydrogen-bond acceptors (Lipinski definition) is 6. The summed E-state index contributed by atoms with van der Waals surface area (Å²) in [4.78, 5) is 23.2. The molecule has 8 heteroatoms. The number of rotatable bonds is 6. The van der Waals surface area contributed by atoms with E-state index in [1.54, 1.807) is 37.1 Å². The molecule has 1 aliphatic heterocycles. The van der Waals surface area contributed by atoms with Gasteiger partial charge in [0.1, 0.15) is 17.5 Å². The SMILES string of the molecule is C[C@@H](c1ccc(-c2cncc(C#N)n2)cc1)N1CCC(CC(C)(C)O)(c2ccc(F)cc2)OC1=O. The van der Waals surface area contributed by atoms with Gasteiger partial charge in [0.15, 0.2) is 5.69 Å². The average Bonchev–Trinajstić information content (AvgIpc) is 2.83. The van der Waals surface area contributed by atoms with Crippen LogP contribution in [0.2, 0.25) is 0 Å². The van der Waals surface area contributed by atoms with Crippen molar-refractivity contribution in [2.45, 2.75) is 50.9 Å². The number of carbonyl (C=O) groups excluding carboxylic acids is 1. The minimum atomic E-state index is -1.09. The third-order valence-electron chi connectivity index (χ3n) is 6.27. The summed E-state index contributed by atoms with van der Waals surface area (Å²) in [6, 6.07) is 15.2. The van der Waals surface area contributed by atoms with E-state index in [4.69, 9.17) is 10.00 Å². The summed E-state index contributed by atoms with van der Waals surface area (Å²) in [5.41, 5.74) is 1.08. The highest BCUT2D eigenvalue weighted by Gasteiger charge is 2.46. The Bertz CT molecular complexity index is 1250. The average molecular weight is 475 g/mol. The first kappa shape index (κ1) is 24.3. The van der Waals surface area contributed by atoms with Crippen molar-refractivity contribution in [2.75, 3.05) is 6.54 Å². The molecule has 7 nitrogen and oxygen atoms in total. The fourth-order valence-electron chi connectivity index (χ4n) is 4.57. The lowest BCUT2D eigenvalue weighted by Gasteiger charge is -2.45. The maximum absolute atomic E-state index is 13.5. The van der Waals surface area contributed by atoms with Crippen LogP contribution < -0.4 is 0 Å². The zero-order chi connectivity index (χ0) is 25.2. The molecule has 1 amide bonds. The Morgan fingerprint density at radius 3 is 2.49 bits per heavy atom. The Morgan fingerprint density at radius 1 is 1.20 bits per heavy atom. The Morgan fingerprint density at radius 2 is 1.89 bits per heavy atom. The van der Waals surface area contributed by atoms with Gasteiger partial charge in [-0.1, -0.05) is 36.4 Å². The molecule has 2 heterocycles. The second kappa shape index (κ2) is 9.43. The molecule has 2 aromatic carbocycles. The van der Waals surface area contributed by atoms with E-state index in [1.807, 2.05) is 37.3 Å². The molecule has 0 saturated carbocycles. The van der Waals surface area contributed by atoms with Crippen molar-refractivity contribution >= 4 is 6.09 Å². The quantitative estimate of drug-likeness (QED) is 0.533. The predicted molar refractivity (Wildman–Crippen MR) is 127 cm³/mol. The van der Waals surface area contributed by atoms with Crippen LogP contribution >= 0.6 is 0 Å². The van der Waals surface area contributed by atoms with E-state index in [0.29, 0.717) is 24.2 Å². The molecule has 1 aliphatic rings. The second-order valence-corrected chi connectivity index (χ2v) is 9.50. The van der Waals surface area contributed by atoms with Crippen molar-refractivity contribution in [3.63, 3.8) is 0 Å². The van der Waals surface area contributed by atoms with Crippen molar-refractivity contribution in [1.82, 2.24) is 14.9 Å². The van der Waals surface area contributed by atoms with Crippen LogP contribution in [0.5, 0.6) is 0 Å². The first-order chi connectivity index (χ1) is 16.6. The largest absolute Gasteiger partial charge is 0.438 e. The third kappa shape index (κ3) is 5.31. The smallest absolute Gasteiger partial charge is 0.411 e. The van der Waals surface area contributed by atoms with Crippen LogP contribution in [0.15, 0.2) is 60.9 Å². The molecule has 180 valence electrons. The van der Waals surface area contributed by atoms with Crippen LogP contribution in [0.1, 0.15) is 56.5 Å². The van der Waals surface area contributed by atoms with Crippen LogP contribution in [0, 0.1) is 17.1 Å². The Balaban J connectivity index is 1.54. The van der Waals surface area contributed by atoms with Crippen molar-refractivity contribution in [3.8, 4) is 17.3 Å². The fourth-order valence-corrected chi connectivity index (χ4v) is 4.57. The first-order valence-corrected chi connectivity index (χ1v) is 11.4. The number of aromatic nitrogens is 2. The van der Waals surface area contributed by atoms with Crippen molar-refractivity contribution in [1.29, 1.82) is 5.26 Å². The van der Waals surface area contributed by atoms with Gasteiger partial charge >= 0.3 is 6.09 Å². The summed E-state index contributed by atoms with van der Waals surface area (Å²) >= 11 is 0. The van der Waals surface area contributed by atoms with Gasteiger partial charge in [-0.25, -0.2) is 14.2 Å². The van der Waals surface area contributed by atoms with Crippen LogP contribution in [0.25, 0.3) is 11.3 Å². The van der Waals surface area contributed by atoms with Crippen LogP contribution in [-0.4, -0.2) is 38.2 Å². The molecular weight excluding hydrogens is 447 g/mol. The Labute approximate surface area is 203 Å². The van der Waals surface area contributed by atoms with E-state index < -0.39 is 17.3 Å². The Kier molecular flexibility index (Phi) is 6.55. The second-order valence-electron chi connectivity index (χ2n) is 9.50. The summed E-state index contributed by atoms with van der Waals surface area (Å²) in [7, 11) is 0. The molecule has 1 unspecified atom stereocenters. The van der Waals surface area contributed by atoms with Gasteiger partial charge in [0.2, 0.25) is 0 Å². The van der Waals surface area contributed by atoms with Crippen LogP contribution in [0.3, 0.4) is 0 Å². The number of nitriles is 1. The van der Waals surface area contributed by atoms with Crippen molar-refractivity contribution in [2.24, 2.45) is 0 Å².